The van der Waals surface area contributed by atoms with E-state index in [1.807, 2.05) is 0 Å². The van der Waals surface area contributed by atoms with Crippen LogP contribution in [-0.4, -0.2) is 29.7 Å². The van der Waals surface area contributed by atoms with Crippen LogP contribution in [0.25, 0.3) is 0 Å². The van der Waals surface area contributed by atoms with E-state index in [1.165, 1.54) is 19.3 Å². The Morgan fingerprint density at radius 2 is 2.00 bits per heavy atom. The molecule has 0 aromatic carbocycles. The molecule has 1 aliphatic rings. The molecule has 5 heteroatoms. The summed E-state index contributed by atoms with van der Waals surface area (Å²) < 4.78 is 0. The minimum atomic E-state index is -0.826. The number of hydrogen-bond acceptors (Lipinski definition) is 2. The molecule has 1 aliphatic carbocycles. The van der Waals surface area contributed by atoms with Crippen molar-refractivity contribution in [1.29, 1.82) is 0 Å². The van der Waals surface area contributed by atoms with Crippen LogP contribution in [0, 0.1) is 5.92 Å². The zero-order chi connectivity index (χ0) is 12.7. The molecule has 0 aromatic heterocycles. The Labute approximate surface area is 102 Å². The first kappa shape index (κ1) is 13.8. The van der Waals surface area contributed by atoms with Crippen LogP contribution in [0.1, 0.15) is 45.4 Å². The number of urea groups is 1. The molecule has 0 radical (unpaired) electrons. The van der Waals surface area contributed by atoms with E-state index in [4.69, 9.17) is 5.11 Å². The summed E-state index contributed by atoms with van der Waals surface area (Å²) in [4.78, 5) is 21.8. The van der Waals surface area contributed by atoms with Gasteiger partial charge in [-0.2, -0.15) is 0 Å². The molecule has 17 heavy (non-hydrogen) atoms. The molecule has 0 heterocycles. The van der Waals surface area contributed by atoms with E-state index in [-0.39, 0.29) is 18.5 Å². The zero-order valence-electron chi connectivity index (χ0n) is 10.4. The third-order valence-corrected chi connectivity index (χ3v) is 3.28. The highest BCUT2D eigenvalue weighted by atomic mass is 16.4. The number of carboxylic acid groups (broad SMARTS) is 1. The minimum absolute atomic E-state index is 0.0973. The lowest BCUT2D eigenvalue weighted by molar-refractivity contribution is -0.137. The van der Waals surface area contributed by atoms with Crippen molar-refractivity contribution in [2.75, 3.05) is 6.54 Å². The van der Waals surface area contributed by atoms with Crippen molar-refractivity contribution in [1.82, 2.24) is 10.6 Å². The van der Waals surface area contributed by atoms with Crippen LogP contribution in [0.3, 0.4) is 0 Å². The van der Waals surface area contributed by atoms with E-state index in [0.29, 0.717) is 18.9 Å². The average Bonchev–Trinajstić information content (AvgIpc) is 2.27. The average molecular weight is 242 g/mol. The maximum absolute atomic E-state index is 11.5. The molecule has 0 saturated heterocycles. The van der Waals surface area contributed by atoms with E-state index in [0.717, 1.165) is 6.42 Å². The van der Waals surface area contributed by atoms with Gasteiger partial charge >= 0.3 is 12.0 Å². The smallest absolute Gasteiger partial charge is 0.315 e. The SMILES string of the molecule is CC1CCCCC1NC(=O)NCCCC(=O)O. The van der Waals surface area contributed by atoms with Crippen molar-refractivity contribution in [3.8, 4) is 0 Å². The monoisotopic (exact) mass is 242 g/mol. The Morgan fingerprint density at radius 1 is 1.29 bits per heavy atom. The standard InChI is InChI=1S/C12H22N2O3/c1-9-5-2-3-6-10(9)14-12(17)13-8-4-7-11(15)16/h9-10H,2-8H2,1H3,(H,15,16)(H2,13,14,17). The van der Waals surface area contributed by atoms with E-state index < -0.39 is 5.97 Å². The van der Waals surface area contributed by atoms with E-state index in [2.05, 4.69) is 17.6 Å². The van der Waals surface area contributed by atoms with Crippen molar-refractivity contribution >= 4 is 12.0 Å². The summed E-state index contributed by atoms with van der Waals surface area (Å²) in [5, 5.41) is 14.1. The summed E-state index contributed by atoms with van der Waals surface area (Å²) in [6.07, 6.45) is 5.21. The second kappa shape index (κ2) is 7.14. The first-order valence-corrected chi connectivity index (χ1v) is 6.35. The Morgan fingerprint density at radius 3 is 2.65 bits per heavy atom. The van der Waals surface area contributed by atoms with Gasteiger partial charge in [0.15, 0.2) is 0 Å². The normalized spacial score (nSPS) is 24.1. The highest BCUT2D eigenvalue weighted by Gasteiger charge is 2.22. The number of rotatable bonds is 5. The van der Waals surface area contributed by atoms with Gasteiger partial charge in [0.1, 0.15) is 0 Å². The van der Waals surface area contributed by atoms with Gasteiger partial charge in [-0.1, -0.05) is 19.8 Å². The Kier molecular flexibility index (Phi) is 5.80. The molecule has 2 unspecified atom stereocenters. The van der Waals surface area contributed by atoms with Gasteiger partial charge in [0, 0.05) is 19.0 Å². The molecule has 1 fully saturated rings. The molecule has 1 rings (SSSR count). The van der Waals surface area contributed by atoms with Crippen LogP contribution in [0.15, 0.2) is 0 Å². The Bertz CT molecular complexity index is 268. The van der Waals surface area contributed by atoms with Crippen LogP contribution in [0.4, 0.5) is 4.79 Å². The summed E-state index contributed by atoms with van der Waals surface area (Å²) in [6, 6.07) is 0.0948. The maximum Gasteiger partial charge on any atom is 0.315 e. The second-order valence-electron chi connectivity index (χ2n) is 4.77. The fourth-order valence-electron chi connectivity index (χ4n) is 2.19. The first-order chi connectivity index (χ1) is 8.09. The van der Waals surface area contributed by atoms with E-state index in [1.54, 1.807) is 0 Å². The number of aliphatic carboxylic acids is 1. The molecule has 2 atom stereocenters. The molecule has 0 spiro atoms. The fourth-order valence-corrected chi connectivity index (χ4v) is 2.19. The Hall–Kier alpha value is -1.26. The molecule has 1 saturated carbocycles. The highest BCUT2D eigenvalue weighted by molar-refractivity contribution is 5.74. The molecular formula is C12H22N2O3. The number of carbonyl (C=O) groups is 2. The molecule has 5 nitrogen and oxygen atoms in total. The topological polar surface area (TPSA) is 78.4 Å². The van der Waals surface area contributed by atoms with Crippen molar-refractivity contribution in [2.45, 2.75) is 51.5 Å². The number of nitrogens with one attached hydrogen (secondary N) is 2. The Balaban J connectivity index is 2.13. The minimum Gasteiger partial charge on any atom is -0.481 e. The van der Waals surface area contributed by atoms with Gasteiger partial charge in [-0.05, 0) is 25.2 Å². The summed E-state index contributed by atoms with van der Waals surface area (Å²) in [7, 11) is 0. The molecular weight excluding hydrogens is 220 g/mol. The lowest BCUT2D eigenvalue weighted by Crippen LogP contribution is -2.46. The van der Waals surface area contributed by atoms with Gasteiger partial charge in [-0.15, -0.1) is 0 Å². The van der Waals surface area contributed by atoms with Gasteiger partial charge in [0.05, 0.1) is 0 Å². The lowest BCUT2D eigenvalue weighted by Gasteiger charge is -2.29. The van der Waals surface area contributed by atoms with Gasteiger partial charge in [-0.25, -0.2) is 4.79 Å². The zero-order valence-corrected chi connectivity index (χ0v) is 10.4. The fraction of sp³-hybridized carbons (Fsp3) is 0.833. The van der Waals surface area contributed by atoms with Gasteiger partial charge in [0.2, 0.25) is 0 Å². The van der Waals surface area contributed by atoms with Gasteiger partial charge in [-0.3, -0.25) is 4.79 Å². The summed E-state index contributed by atoms with van der Waals surface area (Å²) in [5.74, 6) is -0.290. The van der Waals surface area contributed by atoms with Gasteiger partial charge in [0.25, 0.3) is 0 Å². The van der Waals surface area contributed by atoms with Crippen molar-refractivity contribution in [3.63, 3.8) is 0 Å². The molecule has 0 bridgehead atoms. The van der Waals surface area contributed by atoms with E-state index in [9.17, 15) is 9.59 Å². The number of carboxylic acids is 1. The largest absolute Gasteiger partial charge is 0.481 e. The van der Waals surface area contributed by atoms with Crippen molar-refractivity contribution in [3.05, 3.63) is 0 Å². The van der Waals surface area contributed by atoms with Gasteiger partial charge < -0.3 is 15.7 Å². The first-order valence-electron chi connectivity index (χ1n) is 6.35. The second-order valence-corrected chi connectivity index (χ2v) is 4.77. The third-order valence-electron chi connectivity index (χ3n) is 3.28. The molecule has 0 aliphatic heterocycles. The maximum atomic E-state index is 11.5. The number of carbonyl (C=O) groups excluding carboxylic acids is 1. The molecule has 2 amide bonds. The van der Waals surface area contributed by atoms with Crippen LogP contribution >= 0.6 is 0 Å². The number of hydrogen-bond donors (Lipinski definition) is 3. The summed E-state index contributed by atoms with van der Waals surface area (Å²) in [6.45, 7) is 2.58. The quantitative estimate of drug-likeness (QED) is 0.642. The van der Waals surface area contributed by atoms with Crippen LogP contribution < -0.4 is 10.6 Å². The molecule has 0 aromatic rings. The third kappa shape index (κ3) is 5.56. The molecule has 3 N–H and O–H groups in total. The van der Waals surface area contributed by atoms with Crippen LogP contribution in [0.5, 0.6) is 0 Å². The van der Waals surface area contributed by atoms with E-state index >= 15 is 0 Å². The highest BCUT2D eigenvalue weighted by Crippen LogP contribution is 2.23. The predicted molar refractivity (Wildman–Crippen MR) is 64.8 cm³/mol. The van der Waals surface area contributed by atoms with Crippen LogP contribution in [-0.2, 0) is 4.79 Å². The van der Waals surface area contributed by atoms with Crippen LogP contribution in [0.2, 0.25) is 0 Å². The summed E-state index contributed by atoms with van der Waals surface area (Å²) in [5.41, 5.74) is 0. The number of amides is 2. The summed E-state index contributed by atoms with van der Waals surface area (Å²) >= 11 is 0. The molecule has 98 valence electrons. The van der Waals surface area contributed by atoms with Crippen molar-refractivity contribution < 1.29 is 14.7 Å². The van der Waals surface area contributed by atoms with Crippen molar-refractivity contribution in [2.24, 2.45) is 5.92 Å². The predicted octanol–water partition coefficient (Wildman–Crippen LogP) is 1.73. The lowest BCUT2D eigenvalue weighted by atomic mass is 9.86.